The van der Waals surface area contributed by atoms with Crippen molar-refractivity contribution in [1.82, 2.24) is 19.7 Å². The number of nitrogens with zero attached hydrogens (tertiary/aromatic N) is 4. The summed E-state index contributed by atoms with van der Waals surface area (Å²) in [6.45, 7) is 8.11. The van der Waals surface area contributed by atoms with E-state index in [0.717, 1.165) is 28.6 Å². The zero-order valence-corrected chi connectivity index (χ0v) is 15.0. The lowest BCUT2D eigenvalue weighted by molar-refractivity contribution is -0.120. The van der Waals surface area contributed by atoms with E-state index < -0.39 is 0 Å². The van der Waals surface area contributed by atoms with Gasteiger partial charge in [-0.3, -0.25) is 0 Å². The van der Waals surface area contributed by atoms with Gasteiger partial charge in [0, 0.05) is 25.1 Å². The van der Waals surface area contributed by atoms with Gasteiger partial charge in [0.05, 0.1) is 11.3 Å². The van der Waals surface area contributed by atoms with E-state index >= 15 is 0 Å². The Morgan fingerprint density at radius 1 is 1.08 bits per heavy atom. The molecule has 0 N–H and O–H groups in total. The van der Waals surface area contributed by atoms with Crippen LogP contribution in [-0.4, -0.2) is 45.0 Å². The highest BCUT2D eigenvalue weighted by Gasteiger charge is 2.15. The molecule has 3 aromatic rings. The van der Waals surface area contributed by atoms with Crippen LogP contribution in [-0.2, 0) is 16.0 Å². The zero-order chi connectivity index (χ0) is 16.9. The molecule has 0 radical (unpaired) electrons. The Morgan fingerprint density at radius 3 is 2.54 bits per heavy atom. The molecular formula is C17H22N4O2S. The topological polar surface area (TPSA) is 62.1 Å². The van der Waals surface area contributed by atoms with Gasteiger partial charge in [0.15, 0.2) is 11.9 Å². The molecule has 0 atom stereocenters. The lowest BCUT2D eigenvalue weighted by Gasteiger charge is -2.15. The maximum absolute atomic E-state index is 5.56. The SMILES string of the molecule is CCOC(CSc1nnc2c3ccccc3n(CC)c2n1)OCC. The van der Waals surface area contributed by atoms with E-state index in [2.05, 4.69) is 33.8 Å². The summed E-state index contributed by atoms with van der Waals surface area (Å²) in [7, 11) is 0. The molecule has 2 aromatic heterocycles. The van der Waals surface area contributed by atoms with E-state index in [1.807, 2.05) is 26.0 Å². The van der Waals surface area contributed by atoms with Crippen molar-refractivity contribution in [2.75, 3.05) is 19.0 Å². The van der Waals surface area contributed by atoms with Crippen molar-refractivity contribution in [3.05, 3.63) is 24.3 Å². The Hall–Kier alpha value is -1.70. The highest BCUT2D eigenvalue weighted by molar-refractivity contribution is 7.99. The number of rotatable bonds is 8. The maximum atomic E-state index is 5.56. The molecule has 0 saturated heterocycles. The number of aromatic nitrogens is 4. The first kappa shape index (κ1) is 17.1. The first-order valence-corrected chi connectivity index (χ1v) is 9.24. The van der Waals surface area contributed by atoms with E-state index in [9.17, 15) is 0 Å². The Morgan fingerprint density at radius 2 is 1.83 bits per heavy atom. The van der Waals surface area contributed by atoms with Crippen LogP contribution in [0.3, 0.4) is 0 Å². The van der Waals surface area contributed by atoms with Crippen LogP contribution >= 0.6 is 11.8 Å². The molecular weight excluding hydrogens is 324 g/mol. The van der Waals surface area contributed by atoms with Gasteiger partial charge in [-0.2, -0.15) is 0 Å². The second kappa shape index (κ2) is 7.92. The Bertz CT molecular complexity index is 815. The van der Waals surface area contributed by atoms with Gasteiger partial charge in [-0.05, 0) is 26.8 Å². The Kier molecular flexibility index (Phi) is 5.65. The van der Waals surface area contributed by atoms with Gasteiger partial charge in [-0.25, -0.2) is 4.98 Å². The maximum Gasteiger partial charge on any atom is 0.211 e. The lowest BCUT2D eigenvalue weighted by Crippen LogP contribution is -2.20. The molecule has 7 heteroatoms. The smallest absolute Gasteiger partial charge is 0.211 e. The van der Waals surface area contributed by atoms with Gasteiger partial charge < -0.3 is 14.0 Å². The molecule has 0 fully saturated rings. The Labute approximate surface area is 145 Å². The highest BCUT2D eigenvalue weighted by atomic mass is 32.2. The summed E-state index contributed by atoms with van der Waals surface area (Å²) < 4.78 is 13.3. The fourth-order valence-corrected chi connectivity index (χ4v) is 3.46. The van der Waals surface area contributed by atoms with Crippen molar-refractivity contribution in [2.45, 2.75) is 38.8 Å². The van der Waals surface area contributed by atoms with E-state index in [0.29, 0.717) is 24.1 Å². The second-order valence-electron chi connectivity index (χ2n) is 5.18. The molecule has 0 aliphatic heterocycles. The van der Waals surface area contributed by atoms with E-state index in [1.165, 1.54) is 11.8 Å². The van der Waals surface area contributed by atoms with Gasteiger partial charge in [0.25, 0.3) is 0 Å². The number of benzene rings is 1. The third-order valence-corrected chi connectivity index (χ3v) is 4.59. The van der Waals surface area contributed by atoms with Gasteiger partial charge in [-0.15, -0.1) is 10.2 Å². The monoisotopic (exact) mass is 346 g/mol. The largest absolute Gasteiger partial charge is 0.352 e. The number of fused-ring (bicyclic) bond motifs is 3. The molecule has 0 saturated carbocycles. The van der Waals surface area contributed by atoms with Crippen LogP contribution < -0.4 is 0 Å². The molecule has 0 amide bonds. The standard InChI is InChI=1S/C17H22N4O2S/c1-4-21-13-10-8-7-9-12(13)15-16(21)18-17(20-19-15)24-11-14(22-5-2)23-6-3/h7-10,14H,4-6,11H2,1-3H3. The summed E-state index contributed by atoms with van der Waals surface area (Å²) in [5.74, 6) is 0.640. The zero-order valence-electron chi connectivity index (χ0n) is 14.2. The summed E-state index contributed by atoms with van der Waals surface area (Å²) in [5, 5.41) is 10.4. The van der Waals surface area contributed by atoms with Gasteiger partial charge >= 0.3 is 0 Å². The molecule has 6 nitrogen and oxygen atoms in total. The van der Waals surface area contributed by atoms with Crippen molar-refractivity contribution in [3.63, 3.8) is 0 Å². The van der Waals surface area contributed by atoms with Crippen molar-refractivity contribution < 1.29 is 9.47 Å². The average molecular weight is 346 g/mol. The molecule has 2 heterocycles. The normalized spacial score (nSPS) is 11.8. The summed E-state index contributed by atoms with van der Waals surface area (Å²) >= 11 is 1.50. The average Bonchev–Trinajstić information content (AvgIpc) is 2.93. The predicted octanol–water partition coefficient (Wildman–Crippen LogP) is 3.49. The predicted molar refractivity (Wildman–Crippen MR) is 96.3 cm³/mol. The van der Waals surface area contributed by atoms with Crippen LogP contribution in [0.1, 0.15) is 20.8 Å². The van der Waals surface area contributed by atoms with Crippen LogP contribution in [0.5, 0.6) is 0 Å². The number of aryl methyl sites for hydroxylation is 1. The van der Waals surface area contributed by atoms with Crippen molar-refractivity contribution in [3.8, 4) is 0 Å². The highest BCUT2D eigenvalue weighted by Crippen LogP contribution is 2.27. The van der Waals surface area contributed by atoms with Gasteiger partial charge in [-0.1, -0.05) is 30.0 Å². The molecule has 24 heavy (non-hydrogen) atoms. The van der Waals surface area contributed by atoms with Crippen LogP contribution in [0.4, 0.5) is 0 Å². The fourth-order valence-electron chi connectivity index (χ4n) is 2.73. The fraction of sp³-hybridized carbons (Fsp3) is 0.471. The first-order chi connectivity index (χ1) is 11.8. The molecule has 128 valence electrons. The molecule has 3 rings (SSSR count). The molecule has 0 unspecified atom stereocenters. The summed E-state index contributed by atoms with van der Waals surface area (Å²) in [6, 6.07) is 8.20. The molecule has 0 aliphatic carbocycles. The van der Waals surface area contributed by atoms with Crippen LogP contribution in [0.2, 0.25) is 0 Å². The van der Waals surface area contributed by atoms with E-state index in [1.54, 1.807) is 0 Å². The number of hydrogen-bond acceptors (Lipinski definition) is 6. The van der Waals surface area contributed by atoms with Gasteiger partial charge in [0.1, 0.15) is 5.52 Å². The third kappa shape index (κ3) is 3.38. The minimum Gasteiger partial charge on any atom is -0.352 e. The third-order valence-electron chi connectivity index (χ3n) is 3.72. The van der Waals surface area contributed by atoms with Crippen molar-refractivity contribution in [2.24, 2.45) is 0 Å². The van der Waals surface area contributed by atoms with E-state index in [-0.39, 0.29) is 6.29 Å². The quantitative estimate of drug-likeness (QED) is 0.459. The van der Waals surface area contributed by atoms with Crippen molar-refractivity contribution >= 4 is 33.8 Å². The van der Waals surface area contributed by atoms with Gasteiger partial charge in [0.2, 0.25) is 5.16 Å². The number of para-hydroxylation sites is 1. The molecule has 0 bridgehead atoms. The number of hydrogen-bond donors (Lipinski definition) is 0. The molecule has 0 aliphatic rings. The molecule has 1 aromatic carbocycles. The second-order valence-corrected chi connectivity index (χ2v) is 6.17. The number of thioether (sulfide) groups is 1. The first-order valence-electron chi connectivity index (χ1n) is 8.26. The lowest BCUT2D eigenvalue weighted by atomic mass is 10.2. The minimum absolute atomic E-state index is 0.249. The van der Waals surface area contributed by atoms with Crippen LogP contribution in [0.15, 0.2) is 29.4 Å². The summed E-state index contributed by atoms with van der Waals surface area (Å²) in [6.07, 6.45) is -0.249. The van der Waals surface area contributed by atoms with E-state index in [4.69, 9.17) is 14.5 Å². The molecule has 0 spiro atoms. The number of ether oxygens (including phenoxy) is 2. The van der Waals surface area contributed by atoms with Crippen LogP contribution in [0, 0.1) is 0 Å². The summed E-state index contributed by atoms with van der Waals surface area (Å²) in [4.78, 5) is 4.72. The van der Waals surface area contributed by atoms with Crippen molar-refractivity contribution in [1.29, 1.82) is 0 Å². The summed E-state index contributed by atoms with van der Waals surface area (Å²) in [5.41, 5.74) is 2.86. The minimum atomic E-state index is -0.249. The van der Waals surface area contributed by atoms with Crippen LogP contribution in [0.25, 0.3) is 22.1 Å². The Balaban J connectivity index is 1.89.